The number of hydrogen-bond donors (Lipinski definition) is 4. The zero-order valence-corrected chi connectivity index (χ0v) is 17.7. The van der Waals surface area contributed by atoms with Crippen molar-refractivity contribution in [2.45, 2.75) is 32.7 Å². The van der Waals surface area contributed by atoms with Crippen LogP contribution in [0, 0.1) is 13.8 Å². The molecule has 1 amide bonds. The van der Waals surface area contributed by atoms with Gasteiger partial charge in [0.1, 0.15) is 0 Å². The van der Waals surface area contributed by atoms with Gasteiger partial charge in [-0.05, 0) is 49.5 Å². The summed E-state index contributed by atoms with van der Waals surface area (Å²) < 4.78 is 0. The first-order valence-corrected chi connectivity index (χ1v) is 10.2. The average Bonchev–Trinajstić information content (AvgIpc) is 3.21. The van der Waals surface area contributed by atoms with Crippen LogP contribution in [0.2, 0.25) is 0 Å². The summed E-state index contributed by atoms with van der Waals surface area (Å²) in [7, 11) is 0. The SMILES string of the molecule is C=C(/C=C(\NN)c1ccc(C)cc1)NC(=O)CNC1C=C(c2ccc(C)cc2)CC1. The van der Waals surface area contributed by atoms with Crippen LogP contribution in [0.3, 0.4) is 0 Å². The van der Waals surface area contributed by atoms with Crippen LogP contribution >= 0.6 is 0 Å². The smallest absolute Gasteiger partial charge is 0.238 e. The van der Waals surface area contributed by atoms with Crippen LogP contribution in [0.1, 0.15) is 35.1 Å². The molecule has 1 aliphatic carbocycles. The Morgan fingerprint density at radius 1 is 1.10 bits per heavy atom. The normalized spacial score (nSPS) is 16.2. The van der Waals surface area contributed by atoms with Gasteiger partial charge in [0.2, 0.25) is 5.91 Å². The number of aryl methyl sites for hydroxylation is 2. The molecular weight excluding hydrogens is 372 g/mol. The van der Waals surface area contributed by atoms with Crippen LogP contribution in [0.5, 0.6) is 0 Å². The third kappa shape index (κ3) is 5.92. The number of rotatable bonds is 8. The maximum absolute atomic E-state index is 12.3. The van der Waals surface area contributed by atoms with Crippen LogP contribution in [-0.2, 0) is 4.79 Å². The summed E-state index contributed by atoms with van der Waals surface area (Å²) in [5.41, 5.74) is 9.78. The number of hydrogen-bond acceptors (Lipinski definition) is 4. The Bertz CT molecular complexity index is 956. The molecule has 0 heterocycles. The van der Waals surface area contributed by atoms with Crippen molar-refractivity contribution in [3.63, 3.8) is 0 Å². The molecule has 5 nitrogen and oxygen atoms in total. The Hall–Kier alpha value is -3.15. The van der Waals surface area contributed by atoms with Gasteiger partial charge in [-0.15, -0.1) is 0 Å². The van der Waals surface area contributed by atoms with Crippen molar-refractivity contribution in [3.05, 3.63) is 95.2 Å². The molecule has 5 heteroatoms. The quantitative estimate of drug-likeness (QED) is 0.309. The molecule has 1 unspecified atom stereocenters. The van der Waals surface area contributed by atoms with Gasteiger partial charge in [-0.3, -0.25) is 10.6 Å². The van der Waals surface area contributed by atoms with Crippen LogP contribution in [0.4, 0.5) is 0 Å². The zero-order chi connectivity index (χ0) is 21.5. The molecule has 0 aromatic heterocycles. The molecule has 0 saturated carbocycles. The Morgan fingerprint density at radius 3 is 2.37 bits per heavy atom. The van der Waals surface area contributed by atoms with E-state index in [1.807, 2.05) is 31.2 Å². The van der Waals surface area contributed by atoms with Gasteiger partial charge in [0, 0.05) is 11.7 Å². The monoisotopic (exact) mass is 402 g/mol. The minimum absolute atomic E-state index is 0.131. The van der Waals surface area contributed by atoms with Gasteiger partial charge in [0.05, 0.1) is 12.2 Å². The molecule has 0 saturated heterocycles. The fourth-order valence-corrected chi connectivity index (χ4v) is 3.49. The Kier molecular flexibility index (Phi) is 7.22. The van der Waals surface area contributed by atoms with Gasteiger partial charge in [-0.1, -0.05) is 72.3 Å². The van der Waals surface area contributed by atoms with E-state index in [0.29, 0.717) is 11.4 Å². The maximum atomic E-state index is 12.3. The second-order valence-electron chi connectivity index (χ2n) is 7.73. The number of carbonyl (C=O) groups excluding carboxylic acids is 1. The minimum Gasteiger partial charge on any atom is -0.325 e. The van der Waals surface area contributed by atoms with Gasteiger partial charge in [-0.25, -0.2) is 0 Å². The first-order chi connectivity index (χ1) is 14.4. The van der Waals surface area contributed by atoms with Crippen molar-refractivity contribution in [1.29, 1.82) is 0 Å². The molecule has 0 spiro atoms. The molecule has 2 aromatic carbocycles. The second kappa shape index (κ2) is 10.1. The standard InChI is InChI=1S/C25H30N4O/c1-17-4-8-20(9-5-17)22-12-13-23(15-22)27-16-25(30)28-19(3)14-24(29-26)21-10-6-18(2)7-11-21/h4-11,14-15,23,27,29H,3,12-13,16,26H2,1-2H3,(H,28,30)/b24-14-. The predicted octanol–water partition coefficient (Wildman–Crippen LogP) is 3.57. The summed E-state index contributed by atoms with van der Waals surface area (Å²) in [6, 6.07) is 16.7. The molecule has 1 aliphatic rings. The summed E-state index contributed by atoms with van der Waals surface area (Å²) in [5.74, 6) is 5.51. The minimum atomic E-state index is -0.131. The van der Waals surface area contributed by atoms with E-state index in [-0.39, 0.29) is 18.5 Å². The van der Waals surface area contributed by atoms with Gasteiger partial charge in [-0.2, -0.15) is 0 Å². The van der Waals surface area contributed by atoms with E-state index in [1.165, 1.54) is 22.3 Å². The van der Waals surface area contributed by atoms with Crippen molar-refractivity contribution in [1.82, 2.24) is 16.1 Å². The van der Waals surface area contributed by atoms with E-state index >= 15 is 0 Å². The van der Waals surface area contributed by atoms with E-state index in [9.17, 15) is 4.79 Å². The third-order valence-corrected chi connectivity index (χ3v) is 5.21. The highest BCUT2D eigenvalue weighted by Crippen LogP contribution is 2.28. The van der Waals surface area contributed by atoms with E-state index in [1.54, 1.807) is 6.08 Å². The number of nitrogens with one attached hydrogen (secondary N) is 3. The van der Waals surface area contributed by atoms with E-state index in [2.05, 4.69) is 59.9 Å². The summed E-state index contributed by atoms with van der Waals surface area (Å²) >= 11 is 0. The molecule has 0 fully saturated rings. The zero-order valence-electron chi connectivity index (χ0n) is 17.7. The van der Waals surface area contributed by atoms with Crippen molar-refractivity contribution in [2.24, 2.45) is 5.84 Å². The van der Waals surface area contributed by atoms with E-state index < -0.39 is 0 Å². The maximum Gasteiger partial charge on any atom is 0.238 e. The highest BCUT2D eigenvalue weighted by atomic mass is 16.1. The first kappa shape index (κ1) is 21.6. The van der Waals surface area contributed by atoms with Gasteiger partial charge < -0.3 is 16.1 Å². The molecule has 5 N–H and O–H groups in total. The summed E-state index contributed by atoms with van der Waals surface area (Å²) in [6.45, 7) is 8.26. The molecule has 2 aromatic rings. The fraction of sp³-hybridized carbons (Fsp3) is 0.240. The topological polar surface area (TPSA) is 79.2 Å². The second-order valence-corrected chi connectivity index (χ2v) is 7.73. The number of nitrogens with two attached hydrogens (primary N) is 1. The summed E-state index contributed by atoms with van der Waals surface area (Å²) in [4.78, 5) is 12.3. The molecule has 0 radical (unpaired) electrons. The summed E-state index contributed by atoms with van der Waals surface area (Å²) in [6.07, 6.45) is 5.96. The third-order valence-electron chi connectivity index (χ3n) is 5.21. The van der Waals surface area contributed by atoms with E-state index in [0.717, 1.165) is 18.4 Å². The lowest BCUT2D eigenvalue weighted by molar-refractivity contribution is -0.119. The molecular formula is C25H30N4O. The van der Waals surface area contributed by atoms with Gasteiger partial charge >= 0.3 is 0 Å². The van der Waals surface area contributed by atoms with Crippen LogP contribution in [-0.4, -0.2) is 18.5 Å². The van der Waals surface area contributed by atoms with Crippen LogP contribution < -0.4 is 21.9 Å². The highest BCUT2D eigenvalue weighted by Gasteiger charge is 2.17. The van der Waals surface area contributed by atoms with Crippen molar-refractivity contribution >= 4 is 17.2 Å². The highest BCUT2D eigenvalue weighted by molar-refractivity contribution is 5.81. The Labute approximate surface area is 178 Å². The van der Waals surface area contributed by atoms with Crippen molar-refractivity contribution in [2.75, 3.05) is 6.54 Å². The molecule has 0 bridgehead atoms. The molecule has 0 aliphatic heterocycles. The van der Waals surface area contributed by atoms with E-state index in [4.69, 9.17) is 5.84 Å². The number of hydrazine groups is 1. The first-order valence-electron chi connectivity index (χ1n) is 10.2. The lowest BCUT2D eigenvalue weighted by Crippen LogP contribution is -2.37. The van der Waals surface area contributed by atoms with Crippen LogP contribution in [0.25, 0.3) is 11.3 Å². The van der Waals surface area contributed by atoms with Gasteiger partial charge in [0.25, 0.3) is 0 Å². The number of amides is 1. The van der Waals surface area contributed by atoms with Crippen molar-refractivity contribution in [3.8, 4) is 0 Å². The molecule has 156 valence electrons. The average molecular weight is 403 g/mol. The number of carbonyl (C=O) groups is 1. The lowest BCUT2D eigenvalue weighted by atomic mass is 10.0. The molecule has 1 atom stereocenters. The number of allylic oxidation sites excluding steroid dienone is 2. The largest absolute Gasteiger partial charge is 0.325 e. The fourth-order valence-electron chi connectivity index (χ4n) is 3.49. The Balaban J connectivity index is 1.51. The molecule has 3 rings (SSSR count). The summed E-state index contributed by atoms with van der Waals surface area (Å²) in [5, 5.41) is 6.12. The van der Waals surface area contributed by atoms with Crippen molar-refractivity contribution < 1.29 is 4.79 Å². The lowest BCUT2D eigenvalue weighted by Gasteiger charge is -2.12. The predicted molar refractivity (Wildman–Crippen MR) is 124 cm³/mol. The molecule has 30 heavy (non-hydrogen) atoms. The van der Waals surface area contributed by atoms with Crippen LogP contribution in [0.15, 0.2) is 73.0 Å². The number of benzene rings is 2. The van der Waals surface area contributed by atoms with Gasteiger partial charge in [0.15, 0.2) is 0 Å². The Morgan fingerprint density at radius 2 is 1.73 bits per heavy atom.